The number of carbonyl (C=O) groups is 4. The first-order valence-corrected chi connectivity index (χ1v) is 15.4. The van der Waals surface area contributed by atoms with E-state index in [0.29, 0.717) is 6.42 Å². The van der Waals surface area contributed by atoms with Crippen LogP contribution in [0.1, 0.15) is 51.7 Å². The number of benzene rings is 2. The predicted molar refractivity (Wildman–Crippen MR) is 174 cm³/mol. The van der Waals surface area contributed by atoms with Gasteiger partial charge in [0.05, 0.1) is 6.04 Å². The van der Waals surface area contributed by atoms with Crippen LogP contribution in [0.2, 0.25) is 0 Å². The maximum Gasteiger partial charge on any atom is 0.326 e. The fourth-order valence-electron chi connectivity index (χ4n) is 5.59. The summed E-state index contributed by atoms with van der Waals surface area (Å²) >= 11 is 0. The topological polar surface area (TPSA) is 182 Å². The largest absolute Gasteiger partial charge is 0.480 e. The number of fused-ring (bicyclic) bond motifs is 2. The van der Waals surface area contributed by atoms with E-state index in [1.807, 2.05) is 76.2 Å². The molecule has 3 amide bonds. The fourth-order valence-corrected chi connectivity index (χ4v) is 5.59. The normalized spacial score (nSPS) is 14.3. The van der Waals surface area contributed by atoms with E-state index >= 15 is 0 Å². The number of rotatable bonds is 15. The summed E-state index contributed by atoms with van der Waals surface area (Å²) in [6.45, 7) is 7.66. The maximum absolute atomic E-state index is 14.0. The van der Waals surface area contributed by atoms with Crippen LogP contribution in [0, 0.1) is 11.8 Å². The molecule has 2 heterocycles. The van der Waals surface area contributed by atoms with Gasteiger partial charge in [0.25, 0.3) is 0 Å². The highest BCUT2D eigenvalue weighted by Crippen LogP contribution is 2.21. The van der Waals surface area contributed by atoms with Crippen LogP contribution >= 0.6 is 0 Å². The smallest absolute Gasteiger partial charge is 0.326 e. The number of nitrogens with one attached hydrogen (secondary N) is 5. The van der Waals surface area contributed by atoms with E-state index in [0.717, 1.165) is 32.9 Å². The third kappa shape index (κ3) is 8.72. The van der Waals surface area contributed by atoms with Crippen LogP contribution < -0.4 is 21.7 Å². The van der Waals surface area contributed by atoms with Crippen molar-refractivity contribution in [3.05, 3.63) is 72.1 Å². The highest BCUT2D eigenvalue weighted by Gasteiger charge is 2.32. The minimum atomic E-state index is -1.15. The van der Waals surface area contributed by atoms with Crippen molar-refractivity contribution in [2.24, 2.45) is 17.6 Å². The summed E-state index contributed by atoms with van der Waals surface area (Å²) in [5, 5.41) is 19.9. The Hall–Kier alpha value is -4.64. The molecule has 0 bridgehead atoms. The summed E-state index contributed by atoms with van der Waals surface area (Å²) < 4.78 is 0. The second kappa shape index (κ2) is 14.9. The van der Waals surface area contributed by atoms with Gasteiger partial charge in [0.15, 0.2) is 0 Å². The highest BCUT2D eigenvalue weighted by molar-refractivity contribution is 5.95. The number of aromatic amines is 2. The average molecular weight is 617 g/mol. The first-order chi connectivity index (χ1) is 21.4. The van der Waals surface area contributed by atoms with Crippen LogP contribution in [-0.4, -0.2) is 62.9 Å². The van der Waals surface area contributed by atoms with Gasteiger partial charge in [-0.25, -0.2) is 4.79 Å². The van der Waals surface area contributed by atoms with E-state index in [4.69, 9.17) is 5.73 Å². The van der Waals surface area contributed by atoms with E-state index in [-0.39, 0.29) is 31.1 Å². The Labute approximate surface area is 262 Å². The van der Waals surface area contributed by atoms with Crippen LogP contribution in [0.3, 0.4) is 0 Å². The van der Waals surface area contributed by atoms with Crippen LogP contribution in [0.25, 0.3) is 21.8 Å². The molecule has 2 aromatic heterocycles. The van der Waals surface area contributed by atoms with Gasteiger partial charge in [0, 0.05) is 47.0 Å². The van der Waals surface area contributed by atoms with Gasteiger partial charge < -0.3 is 36.8 Å². The monoisotopic (exact) mass is 616 g/mol. The lowest BCUT2D eigenvalue weighted by molar-refractivity contribution is -0.142. The number of carbonyl (C=O) groups excluding carboxylic acids is 3. The van der Waals surface area contributed by atoms with Gasteiger partial charge in [-0.05, 0) is 47.9 Å². The zero-order valence-corrected chi connectivity index (χ0v) is 26.2. The third-order valence-electron chi connectivity index (χ3n) is 7.85. The molecule has 8 N–H and O–H groups in total. The third-order valence-corrected chi connectivity index (χ3v) is 7.85. The molecule has 0 aliphatic carbocycles. The second-order valence-corrected chi connectivity index (χ2v) is 12.5. The molecule has 2 aromatic carbocycles. The van der Waals surface area contributed by atoms with Crippen molar-refractivity contribution in [1.82, 2.24) is 25.9 Å². The minimum Gasteiger partial charge on any atom is -0.480 e. The molecule has 0 spiro atoms. The van der Waals surface area contributed by atoms with Crippen molar-refractivity contribution in [2.75, 3.05) is 0 Å². The van der Waals surface area contributed by atoms with Crippen LogP contribution in [0.4, 0.5) is 0 Å². The molecule has 240 valence electrons. The molecule has 0 saturated heterocycles. The molecule has 0 radical (unpaired) electrons. The number of carboxylic acids is 1. The molecular formula is C34H44N6O5. The van der Waals surface area contributed by atoms with Gasteiger partial charge in [-0.3, -0.25) is 14.4 Å². The Bertz CT molecular complexity index is 1640. The van der Waals surface area contributed by atoms with Crippen molar-refractivity contribution >= 4 is 45.5 Å². The molecule has 4 atom stereocenters. The van der Waals surface area contributed by atoms with Crippen molar-refractivity contribution in [2.45, 2.75) is 77.5 Å². The molecule has 4 rings (SSSR count). The van der Waals surface area contributed by atoms with Gasteiger partial charge in [-0.2, -0.15) is 0 Å². The van der Waals surface area contributed by atoms with E-state index in [9.17, 15) is 24.3 Å². The van der Waals surface area contributed by atoms with E-state index in [1.54, 1.807) is 12.4 Å². The molecule has 11 nitrogen and oxygen atoms in total. The Morgan fingerprint density at radius 2 is 1.09 bits per heavy atom. The SMILES string of the molecule is CC(C)C[C@H](NC(=O)[C@H](Cc1c[nH]c2ccccc12)NC(=O)[C@H](Cc1c[nH]c2ccccc12)NC(=O)[C@@H](N)CC(C)C)C(=O)O. The lowest BCUT2D eigenvalue weighted by Crippen LogP contribution is -2.58. The molecular weight excluding hydrogens is 572 g/mol. The second-order valence-electron chi connectivity index (χ2n) is 12.5. The fraction of sp³-hybridized carbons (Fsp3) is 0.412. The molecule has 11 heteroatoms. The Morgan fingerprint density at radius 3 is 1.53 bits per heavy atom. The predicted octanol–water partition coefficient (Wildman–Crippen LogP) is 3.39. The van der Waals surface area contributed by atoms with Crippen molar-refractivity contribution in [3.8, 4) is 0 Å². The number of H-pyrrole nitrogens is 2. The van der Waals surface area contributed by atoms with Gasteiger partial charge >= 0.3 is 5.97 Å². The Morgan fingerprint density at radius 1 is 0.667 bits per heavy atom. The maximum atomic E-state index is 14.0. The highest BCUT2D eigenvalue weighted by atomic mass is 16.4. The van der Waals surface area contributed by atoms with Crippen LogP contribution in [-0.2, 0) is 32.0 Å². The summed E-state index contributed by atoms with van der Waals surface area (Å²) in [4.78, 5) is 59.2. The number of para-hydroxylation sites is 2. The molecule has 45 heavy (non-hydrogen) atoms. The summed E-state index contributed by atoms with van der Waals surface area (Å²) in [6, 6.07) is 11.1. The van der Waals surface area contributed by atoms with Crippen molar-refractivity contribution in [1.29, 1.82) is 0 Å². The van der Waals surface area contributed by atoms with Crippen molar-refractivity contribution < 1.29 is 24.3 Å². The van der Waals surface area contributed by atoms with E-state index in [1.165, 1.54) is 0 Å². The molecule has 0 fully saturated rings. The first-order valence-electron chi connectivity index (χ1n) is 15.4. The molecule has 0 aliphatic heterocycles. The first kappa shape index (κ1) is 33.3. The molecule has 0 unspecified atom stereocenters. The van der Waals surface area contributed by atoms with E-state index in [2.05, 4.69) is 25.9 Å². The average Bonchev–Trinajstić information content (AvgIpc) is 3.59. The zero-order valence-electron chi connectivity index (χ0n) is 26.2. The van der Waals surface area contributed by atoms with Crippen molar-refractivity contribution in [3.63, 3.8) is 0 Å². The number of hydrogen-bond donors (Lipinski definition) is 7. The standard InChI is InChI=1S/C34H44N6O5/c1-19(2)13-25(35)31(41)38-28(15-21-17-36-26-11-7-5-9-23(21)26)32(42)39-29(33(43)40-30(34(44)45)14-20(3)4)16-22-18-37-27-12-8-6-10-24(22)27/h5-12,17-20,25,28-30,36-37H,13-16,35H2,1-4H3,(H,38,41)(H,39,42)(H,40,43)(H,44,45)/t25-,28-,29-,30-/m0/s1. The van der Waals surface area contributed by atoms with E-state index < -0.39 is 47.9 Å². The minimum absolute atomic E-state index is 0.0128. The summed E-state index contributed by atoms with van der Waals surface area (Å²) in [5.74, 6) is -2.65. The lowest BCUT2D eigenvalue weighted by Gasteiger charge is -2.26. The molecule has 4 aromatic rings. The van der Waals surface area contributed by atoms with Crippen LogP contribution in [0.15, 0.2) is 60.9 Å². The number of aromatic nitrogens is 2. The summed E-state index contributed by atoms with van der Waals surface area (Å²) in [5.41, 5.74) is 9.51. The summed E-state index contributed by atoms with van der Waals surface area (Å²) in [6.07, 6.45) is 4.46. The number of aliphatic carboxylic acids is 1. The Balaban J connectivity index is 1.64. The Kier molecular flexibility index (Phi) is 11.0. The number of carboxylic acid groups (broad SMARTS) is 1. The number of hydrogen-bond acceptors (Lipinski definition) is 5. The molecule has 0 saturated carbocycles. The van der Waals surface area contributed by atoms with Gasteiger partial charge in [-0.1, -0.05) is 64.1 Å². The lowest BCUT2D eigenvalue weighted by atomic mass is 9.99. The van der Waals surface area contributed by atoms with Gasteiger partial charge in [0.2, 0.25) is 17.7 Å². The molecule has 0 aliphatic rings. The van der Waals surface area contributed by atoms with Crippen LogP contribution in [0.5, 0.6) is 0 Å². The van der Waals surface area contributed by atoms with Gasteiger partial charge in [-0.15, -0.1) is 0 Å². The quantitative estimate of drug-likeness (QED) is 0.107. The summed E-state index contributed by atoms with van der Waals surface area (Å²) in [7, 11) is 0. The number of amides is 3. The number of nitrogens with two attached hydrogens (primary N) is 1. The van der Waals surface area contributed by atoms with Gasteiger partial charge in [0.1, 0.15) is 18.1 Å². The zero-order chi connectivity index (χ0) is 32.7.